The molecule has 0 aliphatic heterocycles. The molecule has 0 aromatic carbocycles. The fourth-order valence-electron chi connectivity index (χ4n) is 2.77. The van der Waals surface area contributed by atoms with Crippen molar-refractivity contribution >= 4 is 38.3 Å². The molecule has 2 heterocycles. The second-order valence-corrected chi connectivity index (χ2v) is 11.7. The summed E-state index contributed by atoms with van der Waals surface area (Å²) < 4.78 is 22.6. The van der Waals surface area contributed by atoms with E-state index in [0.29, 0.717) is 6.42 Å². The van der Waals surface area contributed by atoms with Gasteiger partial charge in [-0.3, -0.25) is 4.79 Å². The Morgan fingerprint density at radius 1 is 1.04 bits per heavy atom. The summed E-state index contributed by atoms with van der Waals surface area (Å²) in [5.74, 6) is -0.260. The first-order chi connectivity index (χ1) is 11.6. The van der Waals surface area contributed by atoms with E-state index in [4.69, 9.17) is 0 Å². The molecular formula is C19H26O3S3. The molecule has 0 N–H and O–H groups in total. The molecule has 0 spiro atoms. The van der Waals surface area contributed by atoms with Gasteiger partial charge in [0.2, 0.25) is 0 Å². The Kier molecular flexibility index (Phi) is 6.62. The summed E-state index contributed by atoms with van der Waals surface area (Å²) in [6.07, 6.45) is 5.28. The predicted molar refractivity (Wildman–Crippen MR) is 108 cm³/mol. The van der Waals surface area contributed by atoms with Crippen LogP contribution in [-0.4, -0.2) is 25.2 Å². The minimum Gasteiger partial charge on any atom is -0.298 e. The zero-order valence-corrected chi connectivity index (χ0v) is 17.7. The van der Waals surface area contributed by atoms with Crippen LogP contribution < -0.4 is 0 Å². The number of carbonyl (C=O) groups is 1. The van der Waals surface area contributed by atoms with E-state index < -0.39 is 14.6 Å². The third-order valence-electron chi connectivity index (χ3n) is 4.78. The van der Waals surface area contributed by atoms with Crippen molar-refractivity contribution in [2.75, 3.05) is 6.26 Å². The number of thiophene rings is 2. The molecule has 138 valence electrons. The summed E-state index contributed by atoms with van der Waals surface area (Å²) in [6.45, 7) is 5.05. The van der Waals surface area contributed by atoms with Gasteiger partial charge in [0.05, 0.1) is 0 Å². The molecule has 0 bridgehead atoms. The van der Waals surface area contributed by atoms with Crippen LogP contribution in [-0.2, 0) is 21.1 Å². The maximum absolute atomic E-state index is 11.9. The van der Waals surface area contributed by atoms with Gasteiger partial charge >= 0.3 is 0 Å². The molecule has 0 fully saturated rings. The summed E-state index contributed by atoms with van der Waals surface area (Å²) >= 11 is 3.65. The zero-order valence-electron chi connectivity index (χ0n) is 15.3. The van der Waals surface area contributed by atoms with E-state index in [2.05, 4.69) is 31.2 Å². The molecule has 0 saturated carbocycles. The molecule has 6 heteroatoms. The smallest absolute Gasteiger partial charge is 0.159 e. The molecule has 0 saturated heterocycles. The molecule has 0 aliphatic rings. The first-order valence-corrected chi connectivity index (χ1v) is 12.0. The standard InChI is InChI=1S/C19H26O3S3/c1-14-9-11-17(23-14)18-12-10-16(24-18)8-6-5-7-13-19(3,15(2)20)25(4,21)22/h9-12H,5-8,13H2,1-4H3. The van der Waals surface area contributed by atoms with Crippen molar-refractivity contribution in [3.63, 3.8) is 0 Å². The number of unbranched alkanes of at least 4 members (excludes halogenated alkanes) is 2. The van der Waals surface area contributed by atoms with E-state index in [-0.39, 0.29) is 5.78 Å². The van der Waals surface area contributed by atoms with Gasteiger partial charge in [0.25, 0.3) is 0 Å². The summed E-state index contributed by atoms with van der Waals surface area (Å²) in [7, 11) is -3.37. The third kappa shape index (κ3) is 5.02. The lowest BCUT2D eigenvalue weighted by molar-refractivity contribution is -0.119. The van der Waals surface area contributed by atoms with E-state index in [9.17, 15) is 13.2 Å². The second-order valence-electron chi connectivity index (χ2n) is 6.80. The van der Waals surface area contributed by atoms with Crippen LogP contribution in [0.1, 0.15) is 49.3 Å². The highest BCUT2D eigenvalue weighted by molar-refractivity contribution is 7.92. The number of sulfone groups is 1. The van der Waals surface area contributed by atoms with Crippen molar-refractivity contribution in [3.8, 4) is 9.75 Å². The molecule has 1 unspecified atom stereocenters. The Morgan fingerprint density at radius 2 is 1.68 bits per heavy atom. The van der Waals surface area contributed by atoms with E-state index >= 15 is 0 Å². The first kappa shape index (κ1) is 20.3. The average molecular weight is 399 g/mol. The Labute approximate surface area is 159 Å². The fourth-order valence-corrected chi connectivity index (χ4v) is 5.82. The molecular weight excluding hydrogens is 372 g/mol. The zero-order chi connectivity index (χ0) is 18.7. The largest absolute Gasteiger partial charge is 0.298 e. The van der Waals surface area contributed by atoms with Gasteiger partial charge in [-0.25, -0.2) is 8.42 Å². The second kappa shape index (κ2) is 8.14. The number of ketones is 1. The highest BCUT2D eigenvalue weighted by atomic mass is 32.2. The van der Waals surface area contributed by atoms with E-state index in [0.717, 1.165) is 31.9 Å². The monoisotopic (exact) mass is 398 g/mol. The van der Waals surface area contributed by atoms with Crippen molar-refractivity contribution in [3.05, 3.63) is 34.0 Å². The Morgan fingerprint density at radius 3 is 2.24 bits per heavy atom. The molecule has 0 amide bonds. The summed E-state index contributed by atoms with van der Waals surface area (Å²) in [4.78, 5) is 17.1. The number of rotatable bonds is 9. The highest BCUT2D eigenvalue weighted by Gasteiger charge is 2.39. The van der Waals surface area contributed by atoms with Gasteiger partial charge in [-0.2, -0.15) is 0 Å². The predicted octanol–water partition coefficient (Wildman–Crippen LogP) is 5.28. The fraction of sp³-hybridized carbons (Fsp3) is 0.526. The SMILES string of the molecule is CC(=O)C(C)(CCCCCc1ccc(-c2ccc(C)s2)s1)S(C)(=O)=O. The maximum Gasteiger partial charge on any atom is 0.159 e. The molecule has 2 rings (SSSR count). The Hall–Kier alpha value is -0.980. The lowest BCUT2D eigenvalue weighted by Gasteiger charge is -2.24. The summed E-state index contributed by atoms with van der Waals surface area (Å²) in [5, 5.41) is 0. The lowest BCUT2D eigenvalue weighted by Crippen LogP contribution is -2.41. The summed E-state index contributed by atoms with van der Waals surface area (Å²) in [6, 6.07) is 8.68. The minimum atomic E-state index is -3.37. The van der Waals surface area contributed by atoms with Crippen LogP contribution in [0.3, 0.4) is 0 Å². The van der Waals surface area contributed by atoms with E-state index in [1.807, 2.05) is 22.7 Å². The van der Waals surface area contributed by atoms with Crippen molar-refractivity contribution in [2.24, 2.45) is 0 Å². The van der Waals surface area contributed by atoms with Crippen molar-refractivity contribution in [1.82, 2.24) is 0 Å². The number of aryl methyl sites for hydroxylation is 2. The topological polar surface area (TPSA) is 51.2 Å². The van der Waals surface area contributed by atoms with Crippen LogP contribution >= 0.6 is 22.7 Å². The van der Waals surface area contributed by atoms with Crippen LogP contribution in [0.2, 0.25) is 0 Å². The van der Waals surface area contributed by atoms with Gasteiger partial charge in [0, 0.05) is 25.8 Å². The van der Waals surface area contributed by atoms with E-state index in [1.165, 1.54) is 26.4 Å². The first-order valence-electron chi connectivity index (χ1n) is 8.49. The molecule has 0 radical (unpaired) electrons. The molecule has 3 nitrogen and oxygen atoms in total. The summed E-state index contributed by atoms with van der Waals surface area (Å²) in [5.41, 5.74) is 0. The molecule has 0 aliphatic carbocycles. The van der Waals surface area contributed by atoms with Crippen LogP contribution in [0, 0.1) is 6.92 Å². The van der Waals surface area contributed by atoms with Crippen LogP contribution in [0.5, 0.6) is 0 Å². The maximum atomic E-state index is 11.9. The molecule has 25 heavy (non-hydrogen) atoms. The number of hydrogen-bond acceptors (Lipinski definition) is 5. The van der Waals surface area contributed by atoms with Crippen molar-refractivity contribution < 1.29 is 13.2 Å². The lowest BCUT2D eigenvalue weighted by atomic mass is 9.98. The van der Waals surface area contributed by atoms with Gasteiger partial charge in [-0.1, -0.05) is 12.8 Å². The number of hydrogen-bond donors (Lipinski definition) is 0. The molecule has 2 aromatic heterocycles. The van der Waals surface area contributed by atoms with Crippen LogP contribution in [0.15, 0.2) is 24.3 Å². The van der Waals surface area contributed by atoms with Gasteiger partial charge < -0.3 is 0 Å². The third-order valence-corrected chi connectivity index (χ3v) is 9.25. The quantitative estimate of drug-likeness (QED) is 0.540. The van der Waals surface area contributed by atoms with E-state index in [1.54, 1.807) is 6.92 Å². The highest BCUT2D eigenvalue weighted by Crippen LogP contribution is 2.34. The van der Waals surface area contributed by atoms with Gasteiger partial charge in [-0.15, -0.1) is 22.7 Å². The van der Waals surface area contributed by atoms with Gasteiger partial charge in [-0.05, 0) is 64.3 Å². The Balaban J connectivity index is 1.82. The molecule has 2 aromatic rings. The average Bonchev–Trinajstić information content (AvgIpc) is 3.14. The normalized spacial score (nSPS) is 14.4. The van der Waals surface area contributed by atoms with Crippen molar-refractivity contribution in [2.45, 2.75) is 57.6 Å². The minimum absolute atomic E-state index is 0.260. The van der Waals surface area contributed by atoms with Gasteiger partial charge in [0.1, 0.15) is 4.75 Å². The molecule has 1 atom stereocenters. The van der Waals surface area contributed by atoms with Gasteiger partial charge in [0.15, 0.2) is 15.6 Å². The number of Topliss-reactive ketones (excluding diaryl/α,β-unsaturated/α-hetero) is 1. The Bertz CT molecular complexity index is 830. The van der Waals surface area contributed by atoms with Crippen molar-refractivity contribution in [1.29, 1.82) is 0 Å². The van der Waals surface area contributed by atoms with Crippen LogP contribution in [0.25, 0.3) is 9.75 Å². The van der Waals surface area contributed by atoms with Crippen LogP contribution in [0.4, 0.5) is 0 Å². The number of carbonyl (C=O) groups excluding carboxylic acids is 1.